The van der Waals surface area contributed by atoms with Crippen LogP contribution >= 0.6 is 0 Å². The molecule has 0 aromatic heterocycles. The third-order valence-electron chi connectivity index (χ3n) is 2.06. The van der Waals surface area contributed by atoms with Crippen LogP contribution in [0.2, 0.25) is 0 Å². The van der Waals surface area contributed by atoms with Crippen molar-refractivity contribution in [2.75, 3.05) is 26.7 Å². The lowest BCUT2D eigenvalue weighted by Gasteiger charge is -2.28. The molecule has 0 unspecified atom stereocenters. The quantitative estimate of drug-likeness (QED) is 0.540. The SMILES string of the molecule is [C]#CCOC1CCN(C)CC1. The van der Waals surface area contributed by atoms with Gasteiger partial charge in [-0.15, -0.1) is 0 Å². The zero-order valence-electron chi connectivity index (χ0n) is 6.97. The van der Waals surface area contributed by atoms with Crippen LogP contribution in [0, 0.1) is 12.3 Å². The van der Waals surface area contributed by atoms with Crippen molar-refractivity contribution in [1.82, 2.24) is 4.90 Å². The Kier molecular flexibility index (Phi) is 3.41. The minimum Gasteiger partial charge on any atom is -0.365 e. The van der Waals surface area contributed by atoms with E-state index >= 15 is 0 Å². The fraction of sp³-hybridized carbons (Fsp3) is 0.778. The van der Waals surface area contributed by atoms with Crippen molar-refractivity contribution in [2.45, 2.75) is 18.9 Å². The zero-order valence-corrected chi connectivity index (χ0v) is 6.97. The van der Waals surface area contributed by atoms with Gasteiger partial charge in [-0.2, -0.15) is 0 Å². The second-order valence-corrected chi connectivity index (χ2v) is 2.99. The second kappa shape index (κ2) is 4.38. The van der Waals surface area contributed by atoms with Crippen LogP contribution in [-0.4, -0.2) is 37.7 Å². The molecule has 11 heavy (non-hydrogen) atoms. The molecule has 0 aliphatic carbocycles. The Bertz CT molecular complexity index is 142. The molecule has 1 radical (unpaired) electrons. The summed E-state index contributed by atoms with van der Waals surface area (Å²) in [6, 6.07) is 0. The predicted octanol–water partition coefficient (Wildman–Crippen LogP) is 0.687. The van der Waals surface area contributed by atoms with Crippen LogP contribution in [0.15, 0.2) is 0 Å². The van der Waals surface area contributed by atoms with Gasteiger partial charge in [-0.3, -0.25) is 0 Å². The van der Waals surface area contributed by atoms with E-state index in [0.29, 0.717) is 12.7 Å². The monoisotopic (exact) mass is 152 g/mol. The minimum atomic E-state index is 0.356. The third-order valence-corrected chi connectivity index (χ3v) is 2.06. The smallest absolute Gasteiger partial charge is 0.109 e. The van der Waals surface area contributed by atoms with Gasteiger partial charge in [0.1, 0.15) is 6.61 Å². The van der Waals surface area contributed by atoms with E-state index in [1.54, 1.807) is 0 Å². The molecule has 1 rings (SSSR count). The average molecular weight is 152 g/mol. The molecule has 2 nitrogen and oxygen atoms in total. The van der Waals surface area contributed by atoms with E-state index in [2.05, 4.69) is 17.9 Å². The van der Waals surface area contributed by atoms with Crippen molar-refractivity contribution in [3.8, 4) is 5.92 Å². The molecule has 2 heteroatoms. The van der Waals surface area contributed by atoms with Gasteiger partial charge in [0.15, 0.2) is 0 Å². The van der Waals surface area contributed by atoms with E-state index in [4.69, 9.17) is 11.2 Å². The van der Waals surface area contributed by atoms with Gasteiger partial charge >= 0.3 is 0 Å². The van der Waals surface area contributed by atoms with Gasteiger partial charge in [-0.05, 0) is 26.3 Å². The van der Waals surface area contributed by atoms with Gasteiger partial charge < -0.3 is 9.64 Å². The molecule has 1 saturated heterocycles. The number of hydrogen-bond acceptors (Lipinski definition) is 2. The lowest BCUT2D eigenvalue weighted by atomic mass is 10.1. The Morgan fingerprint density at radius 2 is 2.18 bits per heavy atom. The van der Waals surface area contributed by atoms with Crippen molar-refractivity contribution < 1.29 is 4.74 Å². The molecule has 0 aromatic carbocycles. The Balaban J connectivity index is 2.13. The molecule has 0 amide bonds. The summed E-state index contributed by atoms with van der Waals surface area (Å²) in [6.45, 7) is 2.58. The van der Waals surface area contributed by atoms with Crippen LogP contribution in [0.25, 0.3) is 0 Å². The van der Waals surface area contributed by atoms with E-state index in [-0.39, 0.29) is 0 Å². The van der Waals surface area contributed by atoms with Crippen molar-refractivity contribution in [3.05, 3.63) is 6.42 Å². The molecule has 1 fully saturated rings. The first-order chi connectivity index (χ1) is 5.33. The molecular formula is C9H14NO. The van der Waals surface area contributed by atoms with Crippen LogP contribution in [0.3, 0.4) is 0 Å². The molecule has 0 saturated carbocycles. The van der Waals surface area contributed by atoms with Crippen molar-refractivity contribution in [3.63, 3.8) is 0 Å². The van der Waals surface area contributed by atoms with Gasteiger partial charge in [0.2, 0.25) is 0 Å². The Morgan fingerprint density at radius 1 is 1.55 bits per heavy atom. The highest BCUT2D eigenvalue weighted by molar-refractivity contribution is 4.77. The highest BCUT2D eigenvalue weighted by atomic mass is 16.5. The maximum Gasteiger partial charge on any atom is 0.109 e. The lowest BCUT2D eigenvalue weighted by Crippen LogP contribution is -2.34. The topological polar surface area (TPSA) is 12.5 Å². The van der Waals surface area contributed by atoms with Crippen LogP contribution in [0.5, 0.6) is 0 Å². The first-order valence-corrected chi connectivity index (χ1v) is 4.02. The van der Waals surface area contributed by atoms with Crippen LogP contribution in [0.4, 0.5) is 0 Å². The summed E-state index contributed by atoms with van der Waals surface area (Å²) in [4.78, 5) is 2.30. The number of nitrogens with zero attached hydrogens (tertiary/aromatic N) is 1. The number of piperidine rings is 1. The molecule has 0 spiro atoms. The third kappa shape index (κ3) is 2.92. The maximum atomic E-state index is 6.68. The summed E-state index contributed by atoms with van der Waals surface area (Å²) in [5.41, 5.74) is 0. The van der Waals surface area contributed by atoms with Crippen LogP contribution < -0.4 is 0 Å². The molecule has 0 atom stereocenters. The number of ether oxygens (including phenoxy) is 1. The van der Waals surface area contributed by atoms with Gasteiger partial charge in [-0.1, -0.05) is 5.92 Å². The molecular weight excluding hydrogens is 138 g/mol. The predicted molar refractivity (Wildman–Crippen MR) is 43.6 cm³/mol. The molecule has 0 N–H and O–H groups in total. The van der Waals surface area contributed by atoms with E-state index in [9.17, 15) is 0 Å². The first kappa shape index (κ1) is 8.58. The van der Waals surface area contributed by atoms with Crippen LogP contribution in [-0.2, 0) is 4.74 Å². The van der Waals surface area contributed by atoms with Gasteiger partial charge in [-0.25, -0.2) is 0 Å². The van der Waals surface area contributed by atoms with Gasteiger partial charge in [0.05, 0.1) is 6.10 Å². The summed E-state index contributed by atoms with van der Waals surface area (Å²) >= 11 is 0. The Hall–Kier alpha value is -0.520. The average Bonchev–Trinajstić information content (AvgIpc) is 2.04. The van der Waals surface area contributed by atoms with Crippen LogP contribution in [0.1, 0.15) is 12.8 Å². The summed E-state index contributed by atoms with van der Waals surface area (Å²) in [5, 5.41) is 0. The van der Waals surface area contributed by atoms with E-state index < -0.39 is 0 Å². The normalized spacial score (nSPS) is 21.5. The zero-order chi connectivity index (χ0) is 8.10. The largest absolute Gasteiger partial charge is 0.365 e. The highest BCUT2D eigenvalue weighted by Crippen LogP contribution is 2.11. The summed E-state index contributed by atoms with van der Waals surface area (Å²) in [5.74, 6) is 2.24. The lowest BCUT2D eigenvalue weighted by molar-refractivity contribution is 0.0306. The second-order valence-electron chi connectivity index (χ2n) is 2.99. The number of rotatable bonds is 2. The molecule has 0 bridgehead atoms. The van der Waals surface area contributed by atoms with E-state index in [0.717, 1.165) is 25.9 Å². The molecule has 1 aliphatic rings. The van der Waals surface area contributed by atoms with Crippen molar-refractivity contribution in [1.29, 1.82) is 0 Å². The Labute approximate surface area is 68.5 Å². The highest BCUT2D eigenvalue weighted by Gasteiger charge is 2.15. The molecule has 61 valence electrons. The first-order valence-electron chi connectivity index (χ1n) is 4.02. The van der Waals surface area contributed by atoms with E-state index in [1.165, 1.54) is 0 Å². The summed E-state index contributed by atoms with van der Waals surface area (Å²) in [6.07, 6.45) is 9.23. The minimum absolute atomic E-state index is 0.356. The Morgan fingerprint density at radius 3 is 2.73 bits per heavy atom. The standard InChI is InChI=1S/C9H14NO/c1-3-8-11-9-4-6-10(2)7-5-9/h9H,4-8H2,2H3. The van der Waals surface area contributed by atoms with Gasteiger partial charge in [0.25, 0.3) is 0 Å². The van der Waals surface area contributed by atoms with Gasteiger partial charge in [0, 0.05) is 13.1 Å². The van der Waals surface area contributed by atoms with Crippen molar-refractivity contribution >= 4 is 0 Å². The van der Waals surface area contributed by atoms with Crippen molar-refractivity contribution in [2.24, 2.45) is 0 Å². The number of likely N-dealkylation sites (tertiary alicyclic amines) is 1. The number of hydrogen-bond donors (Lipinski definition) is 0. The summed E-state index contributed by atoms with van der Waals surface area (Å²) in [7, 11) is 2.12. The molecule has 0 aromatic rings. The molecule has 1 aliphatic heterocycles. The fourth-order valence-electron chi connectivity index (χ4n) is 1.31. The molecule has 1 heterocycles. The van der Waals surface area contributed by atoms with E-state index in [1.807, 2.05) is 0 Å². The summed E-state index contributed by atoms with van der Waals surface area (Å²) < 4.78 is 5.36. The maximum absolute atomic E-state index is 6.68. The fourth-order valence-corrected chi connectivity index (χ4v) is 1.31.